The molecule has 2 heterocycles. The summed E-state index contributed by atoms with van der Waals surface area (Å²) >= 11 is 0. The third-order valence-electron chi connectivity index (χ3n) is 4.18. The first-order chi connectivity index (χ1) is 8.49. The Bertz CT molecular complexity index is 485. The maximum absolute atomic E-state index is 12.7. The number of hydrogen-bond acceptors (Lipinski definition) is 2. The van der Waals surface area contributed by atoms with Crippen LogP contribution in [0.1, 0.15) is 56.1 Å². The minimum atomic E-state index is -0.0233. The van der Waals surface area contributed by atoms with Crippen LogP contribution in [-0.4, -0.2) is 27.5 Å². The molecular weight excluding hydrogens is 226 g/mol. The van der Waals surface area contributed by atoms with E-state index in [1.165, 1.54) is 0 Å². The number of carbonyl (C=O) groups excluding carboxylic acids is 1. The van der Waals surface area contributed by atoms with Gasteiger partial charge in [0.15, 0.2) is 0 Å². The summed E-state index contributed by atoms with van der Waals surface area (Å²) in [6, 6.07) is 2.32. The van der Waals surface area contributed by atoms with E-state index in [2.05, 4.69) is 18.4 Å². The second kappa shape index (κ2) is 3.77. The maximum atomic E-state index is 12.7. The summed E-state index contributed by atoms with van der Waals surface area (Å²) in [5, 5.41) is 0. The van der Waals surface area contributed by atoms with E-state index in [1.54, 1.807) is 0 Å². The van der Waals surface area contributed by atoms with Gasteiger partial charge in [0.1, 0.15) is 5.69 Å². The lowest BCUT2D eigenvalue weighted by atomic mass is 10.0. The van der Waals surface area contributed by atoms with Crippen LogP contribution in [0.15, 0.2) is 12.3 Å². The van der Waals surface area contributed by atoms with Gasteiger partial charge in [-0.25, -0.2) is 0 Å². The van der Waals surface area contributed by atoms with Gasteiger partial charge in [-0.15, -0.1) is 0 Å². The molecular formula is C14H21N3O. The lowest BCUT2D eigenvalue weighted by Gasteiger charge is -2.31. The van der Waals surface area contributed by atoms with Crippen LogP contribution in [0.25, 0.3) is 0 Å². The van der Waals surface area contributed by atoms with Crippen LogP contribution < -0.4 is 5.73 Å². The summed E-state index contributed by atoms with van der Waals surface area (Å²) in [7, 11) is 0. The minimum Gasteiger partial charge on any atom is -0.397 e. The van der Waals surface area contributed by atoms with Gasteiger partial charge in [0.25, 0.3) is 5.91 Å². The quantitative estimate of drug-likeness (QED) is 0.872. The zero-order valence-electron chi connectivity index (χ0n) is 11.1. The van der Waals surface area contributed by atoms with E-state index < -0.39 is 0 Å². The van der Waals surface area contributed by atoms with Crippen LogP contribution in [0, 0.1) is 0 Å². The summed E-state index contributed by atoms with van der Waals surface area (Å²) in [5.74, 6) is 0.140. The van der Waals surface area contributed by atoms with E-state index >= 15 is 0 Å². The SMILES string of the molecule is CC1(C)CCCN1C(=O)c1cc(N)cn1C1CC1. The first kappa shape index (κ1) is 11.6. The van der Waals surface area contributed by atoms with Gasteiger partial charge < -0.3 is 15.2 Å². The van der Waals surface area contributed by atoms with E-state index in [4.69, 9.17) is 5.73 Å². The molecule has 1 saturated heterocycles. The Morgan fingerprint density at radius 2 is 2.17 bits per heavy atom. The van der Waals surface area contributed by atoms with Gasteiger partial charge in [0.05, 0.1) is 5.69 Å². The number of amides is 1. The number of aromatic nitrogens is 1. The number of hydrogen-bond donors (Lipinski definition) is 1. The largest absolute Gasteiger partial charge is 0.397 e. The smallest absolute Gasteiger partial charge is 0.271 e. The first-order valence-electron chi connectivity index (χ1n) is 6.78. The zero-order valence-corrected chi connectivity index (χ0v) is 11.1. The molecule has 1 aliphatic heterocycles. The standard InChI is InChI=1S/C14H21N3O/c1-14(2)6-3-7-17(14)13(18)12-8-10(15)9-16(12)11-4-5-11/h8-9,11H,3-7,15H2,1-2H3. The normalized spacial score (nSPS) is 22.4. The molecule has 4 heteroatoms. The molecule has 2 fully saturated rings. The van der Waals surface area contributed by atoms with Crippen molar-refractivity contribution >= 4 is 11.6 Å². The Kier molecular flexibility index (Phi) is 2.44. The molecule has 3 rings (SSSR count). The second-order valence-electron chi connectivity index (χ2n) is 6.17. The Labute approximate surface area is 108 Å². The van der Waals surface area contributed by atoms with Crippen LogP contribution in [0.3, 0.4) is 0 Å². The van der Waals surface area contributed by atoms with Crippen molar-refractivity contribution in [1.82, 2.24) is 9.47 Å². The molecule has 0 atom stereocenters. The number of carbonyl (C=O) groups is 1. The third kappa shape index (κ3) is 1.80. The predicted molar refractivity (Wildman–Crippen MR) is 71.5 cm³/mol. The summed E-state index contributed by atoms with van der Waals surface area (Å²) in [5.41, 5.74) is 7.30. The maximum Gasteiger partial charge on any atom is 0.271 e. The molecule has 1 aromatic rings. The first-order valence-corrected chi connectivity index (χ1v) is 6.78. The van der Waals surface area contributed by atoms with Gasteiger partial charge in [0, 0.05) is 24.3 Å². The van der Waals surface area contributed by atoms with Crippen LogP contribution in [-0.2, 0) is 0 Å². The lowest BCUT2D eigenvalue weighted by Crippen LogP contribution is -2.43. The predicted octanol–water partition coefficient (Wildman–Crippen LogP) is 2.42. The molecule has 98 valence electrons. The van der Waals surface area contributed by atoms with Crippen molar-refractivity contribution in [1.29, 1.82) is 0 Å². The minimum absolute atomic E-state index is 0.0233. The molecule has 0 aromatic carbocycles. The number of nitrogens with two attached hydrogens (primary N) is 1. The highest BCUT2D eigenvalue weighted by Crippen LogP contribution is 2.38. The van der Waals surface area contributed by atoms with E-state index in [9.17, 15) is 4.79 Å². The molecule has 0 radical (unpaired) electrons. The highest BCUT2D eigenvalue weighted by molar-refractivity contribution is 5.94. The number of likely N-dealkylation sites (tertiary alicyclic amines) is 1. The van der Waals surface area contributed by atoms with Crippen molar-refractivity contribution in [2.24, 2.45) is 0 Å². The summed E-state index contributed by atoms with van der Waals surface area (Å²) in [4.78, 5) is 14.7. The van der Waals surface area contributed by atoms with E-state index in [1.807, 2.05) is 17.2 Å². The molecule has 1 saturated carbocycles. The summed E-state index contributed by atoms with van der Waals surface area (Å²) < 4.78 is 2.08. The van der Waals surface area contributed by atoms with Gasteiger partial charge >= 0.3 is 0 Å². The molecule has 0 unspecified atom stereocenters. The average Bonchev–Trinajstić information content (AvgIpc) is 2.98. The molecule has 18 heavy (non-hydrogen) atoms. The van der Waals surface area contributed by atoms with Crippen molar-refractivity contribution in [2.75, 3.05) is 12.3 Å². The summed E-state index contributed by atoms with van der Waals surface area (Å²) in [6.07, 6.45) is 6.42. The molecule has 2 aliphatic rings. The van der Waals surface area contributed by atoms with Gasteiger partial charge in [-0.1, -0.05) is 0 Å². The highest BCUT2D eigenvalue weighted by Gasteiger charge is 2.38. The van der Waals surface area contributed by atoms with Gasteiger partial charge in [-0.05, 0) is 45.6 Å². The van der Waals surface area contributed by atoms with Gasteiger partial charge in [-0.3, -0.25) is 4.79 Å². The molecule has 1 amide bonds. The van der Waals surface area contributed by atoms with E-state index in [-0.39, 0.29) is 11.4 Å². The van der Waals surface area contributed by atoms with Crippen molar-refractivity contribution < 1.29 is 4.79 Å². The van der Waals surface area contributed by atoms with Crippen molar-refractivity contribution in [2.45, 2.75) is 51.1 Å². The number of anilines is 1. The number of nitrogens with zero attached hydrogens (tertiary/aromatic N) is 2. The molecule has 0 bridgehead atoms. The van der Waals surface area contributed by atoms with Crippen LogP contribution in [0.2, 0.25) is 0 Å². The highest BCUT2D eigenvalue weighted by atomic mass is 16.2. The number of rotatable bonds is 2. The van der Waals surface area contributed by atoms with Gasteiger partial charge in [-0.2, -0.15) is 0 Å². The average molecular weight is 247 g/mol. The van der Waals surface area contributed by atoms with Crippen LogP contribution in [0.5, 0.6) is 0 Å². The Morgan fingerprint density at radius 3 is 2.72 bits per heavy atom. The fraction of sp³-hybridized carbons (Fsp3) is 0.643. The Hall–Kier alpha value is -1.45. The van der Waals surface area contributed by atoms with Crippen LogP contribution >= 0.6 is 0 Å². The summed E-state index contributed by atoms with van der Waals surface area (Å²) in [6.45, 7) is 5.15. The third-order valence-corrected chi connectivity index (χ3v) is 4.18. The molecule has 2 N–H and O–H groups in total. The topological polar surface area (TPSA) is 51.3 Å². The van der Waals surface area contributed by atoms with Crippen molar-refractivity contribution in [3.8, 4) is 0 Å². The Balaban J connectivity index is 1.92. The number of nitrogen functional groups attached to an aromatic ring is 1. The van der Waals surface area contributed by atoms with E-state index in [0.29, 0.717) is 11.7 Å². The molecule has 4 nitrogen and oxygen atoms in total. The molecule has 0 spiro atoms. The second-order valence-corrected chi connectivity index (χ2v) is 6.17. The lowest BCUT2D eigenvalue weighted by molar-refractivity contribution is 0.0640. The zero-order chi connectivity index (χ0) is 12.9. The molecule has 1 aliphatic carbocycles. The fourth-order valence-electron chi connectivity index (χ4n) is 2.95. The monoisotopic (exact) mass is 247 g/mol. The fourth-order valence-corrected chi connectivity index (χ4v) is 2.95. The van der Waals surface area contributed by atoms with Crippen molar-refractivity contribution in [3.63, 3.8) is 0 Å². The van der Waals surface area contributed by atoms with Crippen LogP contribution in [0.4, 0.5) is 5.69 Å². The Morgan fingerprint density at radius 1 is 1.44 bits per heavy atom. The molecule has 1 aromatic heterocycles. The van der Waals surface area contributed by atoms with Crippen molar-refractivity contribution in [3.05, 3.63) is 18.0 Å². The van der Waals surface area contributed by atoms with E-state index in [0.717, 1.165) is 37.9 Å². The van der Waals surface area contributed by atoms with Gasteiger partial charge in [0.2, 0.25) is 0 Å².